The Morgan fingerprint density at radius 1 is 0.833 bits per heavy atom. The maximum absolute atomic E-state index is 12.7. The van der Waals surface area contributed by atoms with Crippen LogP contribution in [0.4, 0.5) is 18.9 Å². The maximum Gasteiger partial charge on any atom is 0.490 e. The number of carboxylic acid groups (broad SMARTS) is 1. The van der Waals surface area contributed by atoms with Crippen molar-refractivity contribution in [2.45, 2.75) is 19.3 Å². The van der Waals surface area contributed by atoms with Crippen LogP contribution in [0.25, 0.3) is 22.4 Å². The van der Waals surface area contributed by atoms with E-state index in [0.717, 1.165) is 40.2 Å². The number of halogens is 3. The number of nitrogens with one attached hydrogen (secondary N) is 1. The normalized spacial score (nSPS) is 11.0. The SMILES string of the molecule is CN(C)c1ccc(CNC(=O)c2ccc(-c3nc4ccccc4n3Cc3ccccc3)cc2)cc1.O=C(O)C(F)(F)F. The Bertz CT molecular complexity index is 1650. The van der Waals surface area contributed by atoms with E-state index < -0.39 is 12.1 Å². The molecule has 7 nitrogen and oxygen atoms in total. The fourth-order valence-electron chi connectivity index (χ4n) is 4.19. The highest BCUT2D eigenvalue weighted by Gasteiger charge is 2.38. The van der Waals surface area contributed by atoms with E-state index in [2.05, 4.69) is 57.2 Å². The maximum atomic E-state index is 12.7. The molecule has 0 unspecified atom stereocenters. The predicted octanol–water partition coefficient (Wildman–Crippen LogP) is 6.38. The summed E-state index contributed by atoms with van der Waals surface area (Å²) in [5, 5.41) is 10.1. The van der Waals surface area contributed by atoms with Crippen LogP contribution in [0.5, 0.6) is 0 Å². The Labute approximate surface area is 240 Å². The van der Waals surface area contributed by atoms with Gasteiger partial charge in [0.15, 0.2) is 0 Å². The smallest absolute Gasteiger partial charge is 0.475 e. The van der Waals surface area contributed by atoms with Crippen LogP contribution < -0.4 is 10.2 Å². The first-order valence-corrected chi connectivity index (χ1v) is 13.0. The number of aromatic nitrogens is 2. The number of nitrogens with zero attached hydrogens (tertiary/aromatic N) is 3. The van der Waals surface area contributed by atoms with Gasteiger partial charge in [-0.2, -0.15) is 13.2 Å². The number of rotatable bonds is 7. The molecule has 5 aromatic rings. The molecule has 0 saturated carbocycles. The zero-order chi connectivity index (χ0) is 30.3. The number of alkyl halides is 3. The van der Waals surface area contributed by atoms with E-state index in [-0.39, 0.29) is 5.91 Å². The summed E-state index contributed by atoms with van der Waals surface area (Å²) in [4.78, 5) is 28.6. The van der Waals surface area contributed by atoms with Gasteiger partial charge in [-0.1, -0.05) is 66.7 Å². The highest BCUT2D eigenvalue weighted by molar-refractivity contribution is 5.94. The molecule has 0 saturated heterocycles. The Balaban J connectivity index is 0.000000517. The van der Waals surface area contributed by atoms with Crippen molar-refractivity contribution in [3.63, 3.8) is 0 Å². The van der Waals surface area contributed by atoms with Crippen molar-refractivity contribution in [3.05, 3.63) is 120 Å². The monoisotopic (exact) mass is 574 g/mol. The summed E-state index contributed by atoms with van der Waals surface area (Å²) < 4.78 is 34.0. The molecule has 0 atom stereocenters. The number of benzene rings is 4. The second-order valence-corrected chi connectivity index (χ2v) is 9.62. The fraction of sp³-hybridized carbons (Fsp3) is 0.156. The van der Waals surface area contributed by atoms with Crippen LogP contribution in [0.3, 0.4) is 0 Å². The lowest BCUT2D eigenvalue weighted by Gasteiger charge is -2.13. The van der Waals surface area contributed by atoms with Gasteiger partial charge in [0.25, 0.3) is 5.91 Å². The van der Waals surface area contributed by atoms with Gasteiger partial charge in [0.05, 0.1) is 11.0 Å². The number of aliphatic carboxylic acids is 1. The highest BCUT2D eigenvalue weighted by Crippen LogP contribution is 2.26. The zero-order valence-electron chi connectivity index (χ0n) is 23.0. The molecular formula is C32H29F3N4O3. The molecule has 0 aliphatic heterocycles. The summed E-state index contributed by atoms with van der Waals surface area (Å²) >= 11 is 0. The molecule has 5 rings (SSSR count). The van der Waals surface area contributed by atoms with Crippen molar-refractivity contribution in [3.8, 4) is 11.4 Å². The lowest BCUT2D eigenvalue weighted by atomic mass is 10.1. The summed E-state index contributed by atoms with van der Waals surface area (Å²) in [7, 11) is 4.02. The van der Waals surface area contributed by atoms with Crippen LogP contribution in [0, 0.1) is 0 Å². The van der Waals surface area contributed by atoms with E-state index in [1.54, 1.807) is 0 Å². The molecule has 0 radical (unpaired) electrons. The summed E-state index contributed by atoms with van der Waals surface area (Å²) in [5.74, 6) is -1.96. The minimum absolute atomic E-state index is 0.0916. The third kappa shape index (κ3) is 7.54. The predicted molar refractivity (Wildman–Crippen MR) is 156 cm³/mol. The molecule has 0 bridgehead atoms. The van der Waals surface area contributed by atoms with E-state index in [9.17, 15) is 18.0 Å². The van der Waals surface area contributed by atoms with Crippen LogP contribution in [0.15, 0.2) is 103 Å². The average Bonchev–Trinajstić information content (AvgIpc) is 3.34. The van der Waals surface area contributed by atoms with Crippen LogP contribution in [-0.2, 0) is 17.9 Å². The van der Waals surface area contributed by atoms with Gasteiger partial charge in [0, 0.05) is 44.0 Å². The number of amides is 1. The van der Waals surface area contributed by atoms with Gasteiger partial charge in [-0.25, -0.2) is 9.78 Å². The Morgan fingerprint density at radius 3 is 2.02 bits per heavy atom. The van der Waals surface area contributed by atoms with Crippen molar-refractivity contribution >= 4 is 28.6 Å². The Hall–Kier alpha value is -5.12. The second-order valence-electron chi connectivity index (χ2n) is 9.62. The van der Waals surface area contributed by atoms with E-state index in [4.69, 9.17) is 14.9 Å². The number of imidazole rings is 1. The molecule has 1 aromatic heterocycles. The van der Waals surface area contributed by atoms with Gasteiger partial charge in [-0.05, 0) is 47.5 Å². The van der Waals surface area contributed by atoms with E-state index in [1.165, 1.54) is 5.56 Å². The van der Waals surface area contributed by atoms with Gasteiger partial charge in [0.1, 0.15) is 5.82 Å². The first-order chi connectivity index (χ1) is 20.0. The largest absolute Gasteiger partial charge is 0.490 e. The van der Waals surface area contributed by atoms with Crippen LogP contribution in [0.1, 0.15) is 21.5 Å². The lowest BCUT2D eigenvalue weighted by Crippen LogP contribution is -2.22. The number of hydrogen-bond acceptors (Lipinski definition) is 4. The number of fused-ring (bicyclic) bond motifs is 1. The second kappa shape index (κ2) is 13.0. The molecule has 0 aliphatic carbocycles. The van der Waals surface area contributed by atoms with Gasteiger partial charge >= 0.3 is 12.1 Å². The van der Waals surface area contributed by atoms with E-state index in [1.807, 2.05) is 74.8 Å². The molecule has 0 aliphatic rings. The molecule has 216 valence electrons. The molecule has 1 amide bonds. The number of carbonyl (C=O) groups is 2. The Morgan fingerprint density at radius 2 is 1.43 bits per heavy atom. The number of para-hydroxylation sites is 2. The number of carbonyl (C=O) groups excluding carboxylic acids is 1. The van der Waals surface area contributed by atoms with Crippen LogP contribution in [-0.4, -0.2) is 46.8 Å². The molecule has 0 spiro atoms. The van der Waals surface area contributed by atoms with Gasteiger partial charge in [0.2, 0.25) is 0 Å². The third-order valence-corrected chi connectivity index (χ3v) is 6.39. The van der Waals surface area contributed by atoms with Crippen LogP contribution in [0.2, 0.25) is 0 Å². The average molecular weight is 575 g/mol. The summed E-state index contributed by atoms with van der Waals surface area (Å²) in [5.41, 5.74) is 7.07. The van der Waals surface area contributed by atoms with Gasteiger partial charge in [-0.3, -0.25) is 4.79 Å². The minimum atomic E-state index is -5.08. The van der Waals surface area contributed by atoms with Crippen LogP contribution >= 0.6 is 0 Å². The number of hydrogen-bond donors (Lipinski definition) is 2. The summed E-state index contributed by atoms with van der Waals surface area (Å²) in [6, 6.07) is 34.4. The summed E-state index contributed by atoms with van der Waals surface area (Å²) in [6.07, 6.45) is -5.08. The molecule has 1 heterocycles. The van der Waals surface area contributed by atoms with Gasteiger partial charge < -0.3 is 19.9 Å². The lowest BCUT2D eigenvalue weighted by molar-refractivity contribution is -0.192. The van der Waals surface area contributed by atoms with Crippen molar-refractivity contribution in [2.24, 2.45) is 0 Å². The molecule has 4 aromatic carbocycles. The summed E-state index contributed by atoms with van der Waals surface area (Å²) in [6.45, 7) is 1.21. The molecule has 2 N–H and O–H groups in total. The topological polar surface area (TPSA) is 87.5 Å². The van der Waals surface area contributed by atoms with Crippen molar-refractivity contribution in [2.75, 3.05) is 19.0 Å². The first kappa shape index (κ1) is 29.9. The molecular weight excluding hydrogens is 545 g/mol. The van der Waals surface area contributed by atoms with Gasteiger partial charge in [-0.15, -0.1) is 0 Å². The first-order valence-electron chi connectivity index (χ1n) is 13.0. The Kier molecular flexibility index (Phi) is 9.26. The van der Waals surface area contributed by atoms with E-state index >= 15 is 0 Å². The van der Waals surface area contributed by atoms with Crippen molar-refractivity contribution < 1.29 is 27.9 Å². The van der Waals surface area contributed by atoms with E-state index in [0.29, 0.717) is 12.1 Å². The van der Waals surface area contributed by atoms with Crippen molar-refractivity contribution in [1.29, 1.82) is 0 Å². The molecule has 10 heteroatoms. The number of anilines is 1. The third-order valence-electron chi connectivity index (χ3n) is 6.39. The van der Waals surface area contributed by atoms with Crippen molar-refractivity contribution in [1.82, 2.24) is 14.9 Å². The standard InChI is InChI=1S/C30H28N4O.C2HF3O2/c1-33(2)26-18-12-22(13-19-26)20-31-30(35)25-16-14-24(15-17-25)29-32-27-10-6-7-11-28(27)34(29)21-23-8-4-3-5-9-23;3-2(4,5)1(6)7/h3-19H,20-21H2,1-2H3,(H,31,35);(H,6,7). The molecule has 42 heavy (non-hydrogen) atoms. The minimum Gasteiger partial charge on any atom is -0.475 e. The zero-order valence-corrected chi connectivity index (χ0v) is 23.0. The number of carboxylic acids is 1. The quantitative estimate of drug-likeness (QED) is 0.236. The fourth-order valence-corrected chi connectivity index (χ4v) is 4.19. The highest BCUT2D eigenvalue weighted by atomic mass is 19.4. The molecule has 0 fully saturated rings.